The third-order valence-electron chi connectivity index (χ3n) is 3.60. The van der Waals surface area contributed by atoms with Crippen molar-refractivity contribution in [3.05, 3.63) is 45.1 Å². The fourth-order valence-corrected chi connectivity index (χ4v) is 2.98. The Morgan fingerprint density at radius 3 is 1.93 bits per heavy atom. The van der Waals surface area contributed by atoms with Crippen molar-refractivity contribution in [3.63, 3.8) is 0 Å². The van der Waals surface area contributed by atoms with Crippen LogP contribution < -0.4 is 5.32 Å². The Morgan fingerprint density at radius 2 is 1.45 bits per heavy atom. The summed E-state index contributed by atoms with van der Waals surface area (Å²) in [7, 11) is 0. The molecule has 0 saturated heterocycles. The number of carboxylic acid groups (broad SMARTS) is 1. The minimum absolute atomic E-state index is 0.0950. The van der Waals surface area contributed by atoms with E-state index in [0.717, 1.165) is 0 Å². The predicted molar refractivity (Wildman–Crippen MR) is 113 cm³/mol. The van der Waals surface area contributed by atoms with Gasteiger partial charge >= 0.3 is 5.97 Å². The van der Waals surface area contributed by atoms with Crippen molar-refractivity contribution in [2.75, 3.05) is 0 Å². The van der Waals surface area contributed by atoms with Crippen molar-refractivity contribution in [2.24, 2.45) is 0 Å². The number of hydrogen-bond donors (Lipinski definition) is 4. The third kappa shape index (κ3) is 4.77. The minimum atomic E-state index is -1.02. The van der Waals surface area contributed by atoms with Crippen LogP contribution in [0.15, 0.2) is 34.0 Å². The second kappa shape index (κ2) is 8.66. The van der Waals surface area contributed by atoms with E-state index < -0.39 is 5.97 Å². The standard InChI is InChI=1S/C10H11BrN4O.C7H4BrN3O2/c1-5(2)14-10(16)6-3-12-9-8(6)15-7(11)4-13-9;8-4-2-10-6-5(11-4)3(1-9-6)7(12)13/h3-5H,1-2H3,(H,12,13)(H,14,16);1-2H,(H,9,10)(H,12,13). The van der Waals surface area contributed by atoms with Crippen LogP contribution in [0.4, 0.5) is 0 Å². The molecule has 0 spiro atoms. The molecule has 0 fully saturated rings. The Kier molecular flexibility index (Phi) is 6.23. The van der Waals surface area contributed by atoms with Gasteiger partial charge in [0.25, 0.3) is 5.91 Å². The van der Waals surface area contributed by atoms with Crippen molar-refractivity contribution in [3.8, 4) is 0 Å². The Bertz CT molecular complexity index is 1200. The molecule has 4 N–H and O–H groups in total. The summed E-state index contributed by atoms with van der Waals surface area (Å²) in [5, 5.41) is 11.6. The predicted octanol–water partition coefficient (Wildman–Crippen LogP) is 3.28. The van der Waals surface area contributed by atoms with Gasteiger partial charge in [-0.15, -0.1) is 0 Å². The number of aromatic amines is 2. The molecule has 0 radical (unpaired) electrons. The van der Waals surface area contributed by atoms with Crippen molar-refractivity contribution < 1.29 is 14.7 Å². The number of carbonyl (C=O) groups is 2. The summed E-state index contributed by atoms with van der Waals surface area (Å²) < 4.78 is 1.13. The molecule has 0 aromatic carbocycles. The van der Waals surface area contributed by atoms with Gasteiger partial charge in [-0.2, -0.15) is 0 Å². The molecular formula is C17H15Br2N7O3. The van der Waals surface area contributed by atoms with Gasteiger partial charge in [0.15, 0.2) is 11.3 Å². The lowest BCUT2D eigenvalue weighted by atomic mass is 10.2. The lowest BCUT2D eigenvalue weighted by Gasteiger charge is -2.06. The van der Waals surface area contributed by atoms with E-state index >= 15 is 0 Å². The number of aromatic nitrogens is 6. The summed E-state index contributed by atoms with van der Waals surface area (Å²) in [5.74, 6) is -1.16. The molecule has 4 heterocycles. The lowest BCUT2D eigenvalue weighted by molar-refractivity contribution is 0.0698. The second-order valence-electron chi connectivity index (χ2n) is 6.12. The average molecular weight is 525 g/mol. The first kappa shape index (κ1) is 20.9. The van der Waals surface area contributed by atoms with Crippen LogP contribution in [-0.4, -0.2) is 52.9 Å². The summed E-state index contributed by atoms with van der Waals surface area (Å²) in [4.78, 5) is 44.4. The lowest BCUT2D eigenvalue weighted by Crippen LogP contribution is -2.29. The van der Waals surface area contributed by atoms with Crippen LogP contribution in [0.3, 0.4) is 0 Å². The fraction of sp³-hybridized carbons (Fsp3) is 0.176. The largest absolute Gasteiger partial charge is 0.478 e. The maximum atomic E-state index is 11.8. The molecule has 0 aliphatic heterocycles. The monoisotopic (exact) mass is 523 g/mol. The fourth-order valence-electron chi connectivity index (χ4n) is 2.42. The second-order valence-corrected chi connectivity index (χ2v) is 7.74. The van der Waals surface area contributed by atoms with E-state index in [1.807, 2.05) is 13.8 Å². The summed E-state index contributed by atoms with van der Waals surface area (Å²) in [5.41, 5.74) is 2.66. The third-order valence-corrected chi connectivity index (χ3v) is 4.36. The Hall–Kier alpha value is -2.86. The first-order valence-electron chi connectivity index (χ1n) is 8.29. The maximum absolute atomic E-state index is 11.8. The zero-order chi connectivity index (χ0) is 21.1. The molecule has 4 aromatic rings. The number of carboxylic acids is 1. The summed E-state index contributed by atoms with van der Waals surface area (Å²) in [6, 6.07) is 0.0950. The van der Waals surface area contributed by atoms with Gasteiger partial charge in [0, 0.05) is 18.4 Å². The van der Waals surface area contributed by atoms with Gasteiger partial charge in [-0.3, -0.25) is 4.79 Å². The first-order chi connectivity index (χ1) is 13.8. The van der Waals surface area contributed by atoms with Gasteiger partial charge in [-0.05, 0) is 45.7 Å². The molecule has 4 aromatic heterocycles. The minimum Gasteiger partial charge on any atom is -0.478 e. The van der Waals surface area contributed by atoms with E-state index in [4.69, 9.17) is 5.11 Å². The Labute approximate surface area is 180 Å². The molecule has 150 valence electrons. The number of fused-ring (bicyclic) bond motifs is 2. The highest BCUT2D eigenvalue weighted by Gasteiger charge is 2.15. The van der Waals surface area contributed by atoms with Crippen LogP contribution in [0.2, 0.25) is 0 Å². The van der Waals surface area contributed by atoms with E-state index in [-0.39, 0.29) is 17.5 Å². The van der Waals surface area contributed by atoms with Crippen LogP contribution in [0.1, 0.15) is 34.6 Å². The van der Waals surface area contributed by atoms with E-state index in [1.165, 1.54) is 12.4 Å². The summed E-state index contributed by atoms with van der Waals surface area (Å²) in [6.07, 6.45) is 6.09. The number of nitrogens with zero attached hydrogens (tertiary/aromatic N) is 4. The molecular weight excluding hydrogens is 510 g/mol. The van der Waals surface area contributed by atoms with E-state index in [2.05, 4.69) is 67.1 Å². The maximum Gasteiger partial charge on any atom is 0.339 e. The number of nitrogens with one attached hydrogen (secondary N) is 3. The molecule has 0 aliphatic carbocycles. The van der Waals surface area contributed by atoms with Gasteiger partial charge in [-0.25, -0.2) is 24.7 Å². The van der Waals surface area contributed by atoms with E-state index in [1.54, 1.807) is 12.4 Å². The normalized spacial score (nSPS) is 10.8. The van der Waals surface area contributed by atoms with Crippen LogP contribution in [0.5, 0.6) is 0 Å². The number of halogens is 2. The highest BCUT2D eigenvalue weighted by molar-refractivity contribution is 9.10. The van der Waals surface area contributed by atoms with Gasteiger partial charge < -0.3 is 20.4 Å². The van der Waals surface area contributed by atoms with Gasteiger partial charge in [-0.1, -0.05) is 0 Å². The Balaban J connectivity index is 0.000000169. The highest BCUT2D eigenvalue weighted by atomic mass is 79.9. The van der Waals surface area contributed by atoms with Gasteiger partial charge in [0.05, 0.1) is 18.0 Å². The van der Waals surface area contributed by atoms with Crippen molar-refractivity contribution in [1.29, 1.82) is 0 Å². The SMILES string of the molecule is CC(C)NC(=O)c1c[nH]c2ncc(Br)nc12.O=C(O)c1c[nH]c2ncc(Br)nc12. The van der Waals surface area contributed by atoms with Gasteiger partial charge in [0.2, 0.25) is 0 Å². The van der Waals surface area contributed by atoms with E-state index in [9.17, 15) is 9.59 Å². The van der Waals surface area contributed by atoms with E-state index in [0.29, 0.717) is 37.1 Å². The zero-order valence-corrected chi connectivity index (χ0v) is 18.4. The van der Waals surface area contributed by atoms with Crippen LogP contribution >= 0.6 is 31.9 Å². The summed E-state index contributed by atoms with van der Waals surface area (Å²) >= 11 is 6.35. The molecule has 0 unspecified atom stereocenters. The van der Waals surface area contributed by atoms with Crippen molar-refractivity contribution in [2.45, 2.75) is 19.9 Å². The average Bonchev–Trinajstić information content (AvgIpc) is 3.24. The zero-order valence-electron chi connectivity index (χ0n) is 15.2. The molecule has 0 bridgehead atoms. The molecule has 0 saturated carbocycles. The topological polar surface area (TPSA) is 150 Å². The molecule has 4 rings (SSSR count). The molecule has 1 amide bonds. The smallest absolute Gasteiger partial charge is 0.339 e. The van der Waals surface area contributed by atoms with Crippen LogP contribution in [-0.2, 0) is 0 Å². The number of carbonyl (C=O) groups excluding carboxylic acids is 1. The molecule has 12 heteroatoms. The summed E-state index contributed by atoms with van der Waals surface area (Å²) in [6.45, 7) is 3.82. The van der Waals surface area contributed by atoms with Crippen molar-refractivity contribution in [1.82, 2.24) is 35.2 Å². The van der Waals surface area contributed by atoms with Crippen LogP contribution in [0, 0.1) is 0 Å². The number of H-pyrrole nitrogens is 2. The molecule has 0 atom stereocenters. The number of aromatic carboxylic acids is 1. The van der Waals surface area contributed by atoms with Gasteiger partial charge in [0.1, 0.15) is 25.8 Å². The molecule has 29 heavy (non-hydrogen) atoms. The first-order valence-corrected chi connectivity index (χ1v) is 9.88. The molecule has 0 aliphatic rings. The number of rotatable bonds is 3. The highest BCUT2D eigenvalue weighted by Crippen LogP contribution is 2.17. The molecule has 10 nitrogen and oxygen atoms in total. The number of amides is 1. The Morgan fingerprint density at radius 1 is 0.966 bits per heavy atom. The number of hydrogen-bond acceptors (Lipinski definition) is 6. The van der Waals surface area contributed by atoms with Crippen LogP contribution in [0.25, 0.3) is 22.3 Å². The van der Waals surface area contributed by atoms with Crippen molar-refractivity contribution >= 4 is 66.1 Å². The quantitative estimate of drug-likeness (QED) is 0.321.